The summed E-state index contributed by atoms with van der Waals surface area (Å²) in [6.07, 6.45) is 4.35. The van der Waals surface area contributed by atoms with Crippen LogP contribution in [0.25, 0.3) is 0 Å². The predicted molar refractivity (Wildman–Crippen MR) is 80.1 cm³/mol. The van der Waals surface area contributed by atoms with Gasteiger partial charge < -0.3 is 5.32 Å². The molecule has 0 rings (SSSR count). The van der Waals surface area contributed by atoms with E-state index < -0.39 is 0 Å². The molecule has 0 aliphatic carbocycles. The molecule has 0 aliphatic rings. The summed E-state index contributed by atoms with van der Waals surface area (Å²) in [5.41, 5.74) is 0. The Labute approximate surface area is 117 Å². The summed E-state index contributed by atoms with van der Waals surface area (Å²) >= 11 is 0. The van der Waals surface area contributed by atoms with Crippen molar-refractivity contribution in [2.75, 3.05) is 6.54 Å². The third kappa shape index (κ3) is 22.2. The maximum atomic E-state index is 11.1. The fraction of sp³-hybridized carbons (Fsp3) is 0.667. The van der Waals surface area contributed by atoms with E-state index in [1.165, 1.54) is 13.0 Å². The lowest BCUT2D eigenvalue weighted by molar-refractivity contribution is -0.124. The molecular weight excluding hydrogens is 242 g/mol. The molecule has 0 bridgehead atoms. The second-order valence-electron chi connectivity index (χ2n) is 3.30. The van der Waals surface area contributed by atoms with Crippen molar-refractivity contribution in [2.24, 2.45) is 0 Å². The van der Waals surface area contributed by atoms with Crippen molar-refractivity contribution in [1.82, 2.24) is 5.32 Å². The molecule has 0 fully saturated rings. The van der Waals surface area contributed by atoms with Crippen molar-refractivity contribution >= 4 is 17.5 Å². The molecule has 112 valence electrons. The van der Waals surface area contributed by atoms with Gasteiger partial charge in [-0.1, -0.05) is 33.8 Å². The van der Waals surface area contributed by atoms with Crippen molar-refractivity contribution in [3.63, 3.8) is 0 Å². The third-order valence-electron chi connectivity index (χ3n) is 1.71. The lowest BCUT2D eigenvalue weighted by atomic mass is 10.1. The summed E-state index contributed by atoms with van der Waals surface area (Å²) in [5.74, 6) is -0.233. The van der Waals surface area contributed by atoms with Crippen molar-refractivity contribution < 1.29 is 14.4 Å². The molecule has 0 aromatic carbocycles. The maximum Gasteiger partial charge on any atom is 0.220 e. The maximum absolute atomic E-state index is 11.1. The normalized spacial score (nSPS) is 8.74. The van der Waals surface area contributed by atoms with Crippen LogP contribution in [0.1, 0.15) is 60.8 Å². The first-order chi connectivity index (χ1) is 9.06. The Kier molecular flexibility index (Phi) is 22.6. The van der Waals surface area contributed by atoms with E-state index in [-0.39, 0.29) is 30.4 Å². The first kappa shape index (κ1) is 22.7. The zero-order valence-corrected chi connectivity index (χ0v) is 13.2. The zero-order valence-electron chi connectivity index (χ0n) is 13.2. The molecule has 4 heteroatoms. The van der Waals surface area contributed by atoms with E-state index in [0.717, 1.165) is 0 Å². The van der Waals surface area contributed by atoms with Crippen LogP contribution >= 0.6 is 0 Å². The van der Waals surface area contributed by atoms with Crippen LogP contribution in [-0.2, 0) is 14.4 Å². The van der Waals surface area contributed by atoms with Crippen LogP contribution in [-0.4, -0.2) is 24.0 Å². The third-order valence-corrected chi connectivity index (χ3v) is 1.71. The molecule has 0 unspecified atom stereocenters. The molecular formula is C15H29NO3. The monoisotopic (exact) mass is 271 g/mol. The Bertz CT molecular complexity index is 271. The molecule has 0 saturated heterocycles. The van der Waals surface area contributed by atoms with Gasteiger partial charge in [0.15, 0.2) is 5.78 Å². The lowest BCUT2D eigenvalue weighted by Gasteiger charge is -2.01. The summed E-state index contributed by atoms with van der Waals surface area (Å²) in [6.45, 7) is 11.3. The van der Waals surface area contributed by atoms with Gasteiger partial charge in [0.2, 0.25) is 5.91 Å². The standard InChI is InChI=1S/C11H17NO3.2C2H6/c1-3-5-10(14)6-4-7-11(15)12-8-9(2)13;2*1-2/h3,5H,4,6-8H2,1-2H3,(H,12,15);2*1-2H3/b5-3+;;. The van der Waals surface area contributed by atoms with Gasteiger partial charge in [-0.2, -0.15) is 0 Å². The first-order valence-corrected chi connectivity index (χ1v) is 6.98. The summed E-state index contributed by atoms with van der Waals surface area (Å²) in [4.78, 5) is 32.6. The van der Waals surface area contributed by atoms with E-state index in [9.17, 15) is 14.4 Å². The number of nitrogens with one attached hydrogen (secondary N) is 1. The van der Waals surface area contributed by atoms with E-state index in [1.807, 2.05) is 27.7 Å². The fourth-order valence-corrected chi connectivity index (χ4v) is 1.00. The van der Waals surface area contributed by atoms with Crippen molar-refractivity contribution in [3.8, 4) is 0 Å². The smallest absolute Gasteiger partial charge is 0.220 e. The van der Waals surface area contributed by atoms with Gasteiger partial charge in [0.1, 0.15) is 5.78 Å². The van der Waals surface area contributed by atoms with E-state index >= 15 is 0 Å². The molecule has 0 spiro atoms. The summed E-state index contributed by atoms with van der Waals surface area (Å²) in [6, 6.07) is 0. The van der Waals surface area contributed by atoms with Gasteiger partial charge in [0.25, 0.3) is 0 Å². The SMILES string of the molecule is C/C=C/C(=O)CCCC(=O)NCC(C)=O.CC.CC. The molecule has 0 aliphatic heterocycles. The molecule has 0 aromatic rings. The van der Waals surface area contributed by atoms with Crippen molar-refractivity contribution in [3.05, 3.63) is 12.2 Å². The topological polar surface area (TPSA) is 63.2 Å². The molecule has 0 aromatic heterocycles. The van der Waals surface area contributed by atoms with Crippen LogP contribution in [0.15, 0.2) is 12.2 Å². The molecule has 4 nitrogen and oxygen atoms in total. The Morgan fingerprint density at radius 3 is 1.95 bits per heavy atom. The number of ketones is 2. The fourth-order valence-electron chi connectivity index (χ4n) is 1.00. The minimum Gasteiger partial charge on any atom is -0.349 e. The second-order valence-corrected chi connectivity index (χ2v) is 3.30. The Morgan fingerprint density at radius 2 is 1.53 bits per heavy atom. The zero-order chi connectivity index (χ0) is 15.7. The number of hydrogen-bond acceptors (Lipinski definition) is 3. The van der Waals surface area contributed by atoms with E-state index in [0.29, 0.717) is 12.8 Å². The number of Topliss-reactive ketones (excluding diaryl/α,β-unsaturated/α-hetero) is 1. The van der Waals surface area contributed by atoms with Gasteiger partial charge >= 0.3 is 0 Å². The minimum absolute atomic E-state index is 0.0249. The highest BCUT2D eigenvalue weighted by Crippen LogP contribution is 1.97. The van der Waals surface area contributed by atoms with Gasteiger partial charge in [0.05, 0.1) is 6.54 Å². The predicted octanol–water partition coefficient (Wildman–Crippen LogP) is 3.06. The van der Waals surface area contributed by atoms with E-state index in [2.05, 4.69) is 5.32 Å². The molecule has 19 heavy (non-hydrogen) atoms. The van der Waals surface area contributed by atoms with Gasteiger partial charge in [-0.3, -0.25) is 14.4 Å². The summed E-state index contributed by atoms with van der Waals surface area (Å²) in [7, 11) is 0. The average Bonchev–Trinajstić information content (AvgIpc) is 2.41. The highest BCUT2D eigenvalue weighted by atomic mass is 16.2. The van der Waals surface area contributed by atoms with Crippen LogP contribution in [0.5, 0.6) is 0 Å². The molecule has 0 atom stereocenters. The number of carbonyl (C=O) groups excluding carboxylic acids is 3. The quantitative estimate of drug-likeness (QED) is 0.724. The summed E-state index contributed by atoms with van der Waals surface area (Å²) in [5, 5.41) is 2.47. The molecule has 0 saturated carbocycles. The lowest BCUT2D eigenvalue weighted by Crippen LogP contribution is -2.27. The van der Waals surface area contributed by atoms with Crippen LogP contribution in [0.4, 0.5) is 0 Å². The Morgan fingerprint density at radius 1 is 1.00 bits per heavy atom. The number of hydrogen-bond donors (Lipinski definition) is 1. The average molecular weight is 271 g/mol. The highest BCUT2D eigenvalue weighted by molar-refractivity contribution is 5.90. The van der Waals surface area contributed by atoms with Crippen LogP contribution in [0.3, 0.4) is 0 Å². The number of allylic oxidation sites excluding steroid dienone is 2. The van der Waals surface area contributed by atoms with E-state index in [4.69, 9.17) is 0 Å². The minimum atomic E-state index is -0.182. The van der Waals surface area contributed by atoms with Crippen LogP contribution < -0.4 is 5.32 Å². The van der Waals surface area contributed by atoms with Crippen LogP contribution in [0.2, 0.25) is 0 Å². The second kappa shape index (κ2) is 18.9. The van der Waals surface area contributed by atoms with Gasteiger partial charge in [0, 0.05) is 12.8 Å². The number of carbonyl (C=O) groups is 3. The van der Waals surface area contributed by atoms with Gasteiger partial charge in [-0.05, 0) is 26.3 Å². The molecule has 1 amide bonds. The van der Waals surface area contributed by atoms with Gasteiger partial charge in [-0.25, -0.2) is 0 Å². The van der Waals surface area contributed by atoms with E-state index in [1.54, 1.807) is 13.0 Å². The van der Waals surface area contributed by atoms with Crippen LogP contribution in [0, 0.1) is 0 Å². The number of amides is 1. The Hall–Kier alpha value is -1.45. The van der Waals surface area contributed by atoms with Gasteiger partial charge in [-0.15, -0.1) is 0 Å². The molecule has 0 heterocycles. The largest absolute Gasteiger partial charge is 0.349 e. The summed E-state index contributed by atoms with van der Waals surface area (Å²) < 4.78 is 0. The number of rotatable bonds is 7. The molecule has 1 N–H and O–H groups in total. The highest BCUT2D eigenvalue weighted by Gasteiger charge is 2.03. The Balaban J connectivity index is -0.000000579. The molecule has 0 radical (unpaired) electrons. The van der Waals surface area contributed by atoms with Crippen molar-refractivity contribution in [2.45, 2.75) is 60.8 Å². The first-order valence-electron chi connectivity index (χ1n) is 6.98. The van der Waals surface area contributed by atoms with Crippen molar-refractivity contribution in [1.29, 1.82) is 0 Å².